The maximum atomic E-state index is 12.5. The minimum absolute atomic E-state index is 0. The monoisotopic (exact) mass is 1090 g/mol. The van der Waals surface area contributed by atoms with Gasteiger partial charge >= 0.3 is 0 Å². The summed E-state index contributed by atoms with van der Waals surface area (Å²) in [7, 11) is 0. The zero-order valence-electron chi connectivity index (χ0n) is 39.8. The average molecular weight is 1090 g/mol. The minimum atomic E-state index is -0.363. The molecule has 6 nitrogen and oxygen atoms in total. The normalized spacial score (nSPS) is 11.8. The molecule has 344 valence electrons. The summed E-state index contributed by atoms with van der Waals surface area (Å²) in [6.07, 6.45) is 1.83. The second kappa shape index (κ2) is 17.9. The number of benzene rings is 8. The van der Waals surface area contributed by atoms with E-state index >= 15 is 0 Å². The van der Waals surface area contributed by atoms with E-state index in [0.29, 0.717) is 39.4 Å². The van der Waals surface area contributed by atoms with Gasteiger partial charge in [-0.1, -0.05) is 192 Å². The summed E-state index contributed by atoms with van der Waals surface area (Å²) in [6.45, 7) is 13.0. The smallest absolute Gasteiger partial charge is 0.148 e. The molecule has 0 unspecified atom stereocenters. The Morgan fingerprint density at radius 2 is 1.26 bits per heavy atom. The zero-order chi connectivity index (χ0) is 47.6. The van der Waals surface area contributed by atoms with Crippen LogP contribution >= 0.6 is 0 Å². The van der Waals surface area contributed by atoms with Crippen LogP contribution in [0.1, 0.15) is 58.2 Å². The number of pyridine rings is 1. The van der Waals surface area contributed by atoms with Gasteiger partial charge in [0.2, 0.25) is 0 Å². The third kappa shape index (κ3) is 8.01. The van der Waals surface area contributed by atoms with Crippen molar-refractivity contribution in [2.24, 2.45) is 0 Å². The molecule has 0 aliphatic rings. The number of nitriles is 1. The van der Waals surface area contributed by atoms with Crippen molar-refractivity contribution in [2.45, 2.75) is 52.4 Å². The molecule has 0 aliphatic carbocycles. The van der Waals surface area contributed by atoms with Gasteiger partial charge in [0.15, 0.2) is 0 Å². The quantitative estimate of drug-likeness (QED) is 0.161. The molecule has 0 atom stereocenters. The second-order valence-corrected chi connectivity index (χ2v) is 19.8. The standard InChI is InChI=1S/C63H49N4O2.Pt/c1-62(2,3)45-36-51(58(68)52(37-45)63(4,5)6)61-66-57-47(26-18-28-55(57)67(61)54-27-17-16-25-46(54)40-21-12-8-13-22-40)44-33-49-48-30-29-43(38-64)56(41-23-14-9-15-24-41)60(48)69-59(49)50(34-44)53-35-42(31-32-65-53)39-19-10-7-11-20-39;/h7-33,35-37,68H,1-6H3;/q-1;. The van der Waals surface area contributed by atoms with Crippen LogP contribution in [-0.2, 0) is 31.9 Å². The molecule has 0 bridgehead atoms. The Hall–Kier alpha value is -7.84. The fraction of sp³-hybridized carbons (Fsp3) is 0.127. The van der Waals surface area contributed by atoms with Crippen LogP contribution in [0, 0.1) is 17.4 Å². The van der Waals surface area contributed by atoms with Crippen LogP contribution in [-0.4, -0.2) is 19.6 Å². The zero-order valence-corrected chi connectivity index (χ0v) is 42.1. The molecule has 70 heavy (non-hydrogen) atoms. The first kappa shape index (κ1) is 45.9. The van der Waals surface area contributed by atoms with E-state index < -0.39 is 0 Å². The Bertz CT molecular complexity index is 3820. The first-order valence-corrected chi connectivity index (χ1v) is 23.4. The maximum absolute atomic E-state index is 12.5. The van der Waals surface area contributed by atoms with Gasteiger partial charge in [-0.05, 0) is 74.4 Å². The number of nitrogens with zero attached hydrogens (tertiary/aromatic N) is 4. The number of phenolic OH excluding ortho intramolecular Hbond substituents is 1. The topological polar surface area (TPSA) is 87.9 Å². The van der Waals surface area contributed by atoms with Gasteiger partial charge in [0.05, 0.1) is 39.5 Å². The summed E-state index contributed by atoms with van der Waals surface area (Å²) in [4.78, 5) is 10.6. The van der Waals surface area contributed by atoms with Gasteiger partial charge in [-0.2, -0.15) is 5.26 Å². The molecule has 0 aliphatic heterocycles. The predicted octanol–water partition coefficient (Wildman–Crippen LogP) is 16.3. The molecule has 0 saturated carbocycles. The summed E-state index contributed by atoms with van der Waals surface area (Å²) in [5.41, 5.74) is 15.1. The Kier molecular flexibility index (Phi) is 11.7. The molecule has 7 heteroatoms. The van der Waals surface area contributed by atoms with Crippen LogP contribution in [0.5, 0.6) is 5.75 Å². The fourth-order valence-electron chi connectivity index (χ4n) is 9.65. The van der Waals surface area contributed by atoms with Gasteiger partial charge in [0, 0.05) is 55.0 Å². The van der Waals surface area contributed by atoms with E-state index in [1.54, 1.807) is 0 Å². The van der Waals surface area contributed by atoms with Crippen molar-refractivity contribution in [3.63, 3.8) is 0 Å². The van der Waals surface area contributed by atoms with Crippen LogP contribution in [0.25, 0.3) is 106 Å². The molecule has 0 spiro atoms. The number of aromatic nitrogens is 3. The molecule has 11 aromatic rings. The fourth-order valence-corrected chi connectivity index (χ4v) is 9.65. The maximum Gasteiger partial charge on any atom is 0.148 e. The van der Waals surface area contributed by atoms with Crippen LogP contribution in [0.15, 0.2) is 187 Å². The van der Waals surface area contributed by atoms with E-state index in [1.165, 1.54) is 0 Å². The number of aromatic hydroxyl groups is 1. The summed E-state index contributed by atoms with van der Waals surface area (Å²) < 4.78 is 9.22. The predicted molar refractivity (Wildman–Crippen MR) is 281 cm³/mol. The molecule has 1 N–H and O–H groups in total. The molecule has 3 aromatic heterocycles. The van der Waals surface area contributed by atoms with Crippen molar-refractivity contribution in [2.75, 3.05) is 0 Å². The van der Waals surface area contributed by atoms with Gasteiger partial charge in [-0.3, -0.25) is 9.55 Å². The van der Waals surface area contributed by atoms with Gasteiger partial charge in [0.1, 0.15) is 17.2 Å². The molecular weight excluding hydrogens is 1040 g/mol. The number of furan rings is 1. The average Bonchev–Trinajstić information content (AvgIpc) is 3.95. The first-order valence-electron chi connectivity index (χ1n) is 23.4. The van der Waals surface area contributed by atoms with E-state index in [1.807, 2.05) is 79.0 Å². The van der Waals surface area contributed by atoms with Crippen LogP contribution in [0.2, 0.25) is 0 Å². The largest absolute Gasteiger partial charge is 0.507 e. The molecule has 0 amide bonds. The van der Waals surface area contributed by atoms with Gasteiger partial charge in [0.25, 0.3) is 0 Å². The third-order valence-corrected chi connectivity index (χ3v) is 13.2. The third-order valence-electron chi connectivity index (χ3n) is 13.2. The Labute approximate surface area is 422 Å². The van der Waals surface area contributed by atoms with Gasteiger partial charge in [-0.15, -0.1) is 17.7 Å². The van der Waals surface area contributed by atoms with Crippen LogP contribution < -0.4 is 0 Å². The van der Waals surface area contributed by atoms with Crippen LogP contribution in [0.4, 0.5) is 0 Å². The first-order chi connectivity index (χ1) is 33.4. The van der Waals surface area contributed by atoms with E-state index in [4.69, 9.17) is 14.4 Å². The number of fused-ring (bicyclic) bond motifs is 4. The van der Waals surface area contributed by atoms with E-state index in [9.17, 15) is 10.4 Å². The number of hydrogen-bond donors (Lipinski definition) is 1. The molecule has 3 heterocycles. The number of imidazole rings is 1. The number of phenols is 1. The van der Waals surface area contributed by atoms with Crippen molar-refractivity contribution in [3.8, 4) is 84.7 Å². The molecule has 0 saturated heterocycles. The SMILES string of the molecule is CC(C)(C)c1cc(-c2nc3c(-c4[c-]c(-c5cc(-c6ccccc6)ccn5)c5oc6c(-c7ccccc7)c(C#N)ccc6c5c4)cccc3n2-c2ccccc2-c2ccccc2)c(O)c(C(C)(C)C)c1.[Pt]. The Balaban J connectivity index is 0.00000567. The van der Waals surface area contributed by atoms with Gasteiger partial charge < -0.3 is 9.52 Å². The number of para-hydroxylation sites is 2. The Morgan fingerprint density at radius 1 is 0.600 bits per heavy atom. The van der Waals surface area contributed by atoms with Crippen molar-refractivity contribution in [3.05, 3.63) is 205 Å². The number of rotatable bonds is 7. The summed E-state index contributed by atoms with van der Waals surface area (Å²) >= 11 is 0. The summed E-state index contributed by atoms with van der Waals surface area (Å²) in [5, 5.41) is 24.7. The summed E-state index contributed by atoms with van der Waals surface area (Å²) in [6, 6.07) is 65.9. The molecule has 0 radical (unpaired) electrons. The van der Waals surface area contributed by atoms with Crippen LogP contribution in [0.3, 0.4) is 0 Å². The molecular formula is C63H49N4O2Pt-. The summed E-state index contributed by atoms with van der Waals surface area (Å²) in [5.74, 6) is 0.833. The minimum Gasteiger partial charge on any atom is -0.507 e. The van der Waals surface area contributed by atoms with Crippen molar-refractivity contribution < 1.29 is 30.6 Å². The van der Waals surface area contributed by atoms with Crippen molar-refractivity contribution in [1.82, 2.24) is 14.5 Å². The van der Waals surface area contributed by atoms with E-state index in [2.05, 4.69) is 161 Å². The van der Waals surface area contributed by atoms with E-state index in [0.717, 1.165) is 83.1 Å². The van der Waals surface area contributed by atoms with Gasteiger partial charge in [-0.25, -0.2) is 4.98 Å². The Morgan fingerprint density at radius 3 is 1.94 bits per heavy atom. The molecule has 8 aromatic carbocycles. The van der Waals surface area contributed by atoms with Crippen molar-refractivity contribution >= 4 is 33.0 Å². The second-order valence-electron chi connectivity index (χ2n) is 19.8. The number of hydrogen-bond acceptors (Lipinski definition) is 5. The molecule has 0 fully saturated rings. The van der Waals surface area contributed by atoms with E-state index in [-0.39, 0.29) is 37.6 Å². The molecule has 11 rings (SSSR count). The van der Waals surface area contributed by atoms with Crippen molar-refractivity contribution in [1.29, 1.82) is 5.26 Å².